The third-order valence-electron chi connectivity index (χ3n) is 3.26. The van der Waals surface area contributed by atoms with Crippen molar-refractivity contribution in [3.05, 3.63) is 65.2 Å². The van der Waals surface area contributed by atoms with Crippen LogP contribution in [-0.4, -0.2) is 18.1 Å². The van der Waals surface area contributed by atoms with Gasteiger partial charge in [-0.3, -0.25) is 15.6 Å². The van der Waals surface area contributed by atoms with E-state index < -0.39 is 5.82 Å². The molecule has 0 spiro atoms. The average Bonchev–Trinajstić information content (AvgIpc) is 2.59. The molecule has 2 rings (SSSR count). The molecule has 0 atom stereocenters. The summed E-state index contributed by atoms with van der Waals surface area (Å²) in [7, 11) is 1.37. The molecule has 8 heteroatoms. The highest BCUT2D eigenvalue weighted by atomic mass is 32.1. The maximum atomic E-state index is 13.6. The standard InChI is InChI=1S/C17H17F2N3O2S/c1-24-15-7-4-12(8-14(15)19)9-16(23)21-22-17(25)20-10-11-2-5-13(18)6-3-11/h2-8H,9-10H2,1H3,(H,21,23)(H2,20,22,25). The Morgan fingerprint density at radius 1 is 1.08 bits per heavy atom. The van der Waals surface area contributed by atoms with Crippen molar-refractivity contribution < 1.29 is 18.3 Å². The van der Waals surface area contributed by atoms with Crippen LogP contribution in [0.15, 0.2) is 42.5 Å². The smallest absolute Gasteiger partial charge is 0.242 e. The van der Waals surface area contributed by atoms with E-state index >= 15 is 0 Å². The van der Waals surface area contributed by atoms with E-state index in [9.17, 15) is 13.6 Å². The second-order valence-corrected chi connectivity index (χ2v) is 5.54. The maximum Gasteiger partial charge on any atom is 0.242 e. The highest BCUT2D eigenvalue weighted by molar-refractivity contribution is 7.80. The fraction of sp³-hybridized carbons (Fsp3) is 0.176. The molecule has 0 bridgehead atoms. The third kappa shape index (κ3) is 6.00. The molecule has 132 valence electrons. The van der Waals surface area contributed by atoms with Crippen LogP contribution >= 0.6 is 12.2 Å². The number of halogens is 2. The van der Waals surface area contributed by atoms with Crippen LogP contribution < -0.4 is 20.9 Å². The topological polar surface area (TPSA) is 62.4 Å². The molecule has 0 aliphatic rings. The van der Waals surface area contributed by atoms with Crippen molar-refractivity contribution in [1.29, 1.82) is 0 Å². The van der Waals surface area contributed by atoms with Crippen molar-refractivity contribution in [2.75, 3.05) is 7.11 Å². The van der Waals surface area contributed by atoms with Crippen molar-refractivity contribution in [2.45, 2.75) is 13.0 Å². The van der Waals surface area contributed by atoms with Crippen LogP contribution in [0.4, 0.5) is 8.78 Å². The van der Waals surface area contributed by atoms with Gasteiger partial charge in [-0.15, -0.1) is 0 Å². The highest BCUT2D eigenvalue weighted by Crippen LogP contribution is 2.17. The number of carbonyl (C=O) groups excluding carboxylic acids is 1. The summed E-state index contributed by atoms with van der Waals surface area (Å²) >= 11 is 5.03. The van der Waals surface area contributed by atoms with Crippen molar-refractivity contribution in [1.82, 2.24) is 16.2 Å². The lowest BCUT2D eigenvalue weighted by molar-refractivity contribution is -0.121. The number of amides is 1. The Morgan fingerprint density at radius 3 is 2.40 bits per heavy atom. The fourth-order valence-corrected chi connectivity index (χ4v) is 2.13. The molecule has 5 nitrogen and oxygen atoms in total. The van der Waals surface area contributed by atoms with Crippen molar-refractivity contribution >= 4 is 23.2 Å². The molecule has 2 aromatic carbocycles. The second kappa shape index (κ2) is 8.93. The zero-order valence-corrected chi connectivity index (χ0v) is 14.3. The number of rotatable bonds is 5. The minimum atomic E-state index is -0.530. The summed E-state index contributed by atoms with van der Waals surface area (Å²) < 4.78 is 31.2. The summed E-state index contributed by atoms with van der Waals surface area (Å²) in [5.74, 6) is -1.10. The van der Waals surface area contributed by atoms with E-state index in [-0.39, 0.29) is 29.0 Å². The van der Waals surface area contributed by atoms with E-state index in [0.717, 1.165) is 5.56 Å². The van der Waals surface area contributed by atoms with Crippen LogP contribution in [0.25, 0.3) is 0 Å². The van der Waals surface area contributed by atoms with Crippen molar-refractivity contribution in [2.24, 2.45) is 0 Å². The van der Waals surface area contributed by atoms with E-state index in [1.165, 1.54) is 31.4 Å². The van der Waals surface area contributed by atoms with Gasteiger partial charge < -0.3 is 10.1 Å². The van der Waals surface area contributed by atoms with E-state index in [4.69, 9.17) is 17.0 Å². The second-order valence-electron chi connectivity index (χ2n) is 5.13. The number of ether oxygens (including phenoxy) is 1. The number of thiocarbonyl (C=S) groups is 1. The Morgan fingerprint density at radius 2 is 1.76 bits per heavy atom. The Bertz CT molecular complexity index is 754. The van der Waals surface area contributed by atoms with Crippen molar-refractivity contribution in [3.8, 4) is 5.75 Å². The van der Waals surface area contributed by atoms with Gasteiger partial charge in [-0.1, -0.05) is 18.2 Å². The van der Waals surface area contributed by atoms with E-state index in [1.54, 1.807) is 18.2 Å². The fourth-order valence-electron chi connectivity index (χ4n) is 2.00. The molecule has 0 saturated heterocycles. The van der Waals surface area contributed by atoms with Crippen LogP contribution in [0.1, 0.15) is 11.1 Å². The number of hydrazine groups is 1. The molecule has 2 aromatic rings. The quantitative estimate of drug-likeness (QED) is 0.560. The monoisotopic (exact) mass is 365 g/mol. The maximum absolute atomic E-state index is 13.6. The normalized spacial score (nSPS) is 10.0. The zero-order valence-electron chi connectivity index (χ0n) is 13.4. The molecule has 0 aromatic heterocycles. The minimum absolute atomic E-state index is 0.0194. The van der Waals surface area contributed by atoms with Gasteiger partial charge in [-0.05, 0) is 47.6 Å². The van der Waals surface area contributed by atoms with Crippen LogP contribution in [0, 0.1) is 11.6 Å². The van der Waals surface area contributed by atoms with Crippen LogP contribution in [0.3, 0.4) is 0 Å². The molecule has 1 amide bonds. The molecular weight excluding hydrogens is 348 g/mol. The first-order chi connectivity index (χ1) is 12.0. The van der Waals surface area contributed by atoms with Gasteiger partial charge in [-0.25, -0.2) is 8.78 Å². The SMILES string of the molecule is COc1ccc(CC(=O)NNC(=S)NCc2ccc(F)cc2)cc1F. The highest BCUT2D eigenvalue weighted by Gasteiger charge is 2.08. The summed E-state index contributed by atoms with van der Waals surface area (Å²) in [5, 5.41) is 3.08. The molecule has 0 saturated carbocycles. The number of methoxy groups -OCH3 is 1. The van der Waals surface area contributed by atoms with Crippen LogP contribution in [0.5, 0.6) is 5.75 Å². The third-order valence-corrected chi connectivity index (χ3v) is 3.51. The summed E-state index contributed by atoms with van der Waals surface area (Å²) in [5.41, 5.74) is 6.31. The van der Waals surface area contributed by atoms with Gasteiger partial charge in [0.25, 0.3) is 0 Å². The van der Waals surface area contributed by atoms with Crippen LogP contribution in [-0.2, 0) is 17.8 Å². The first-order valence-corrected chi connectivity index (χ1v) is 7.78. The molecule has 0 fully saturated rings. The summed E-state index contributed by atoms with van der Waals surface area (Å²) in [6, 6.07) is 10.3. The molecule has 0 radical (unpaired) electrons. The van der Waals surface area contributed by atoms with Crippen molar-refractivity contribution in [3.63, 3.8) is 0 Å². The molecule has 0 aliphatic carbocycles. The van der Waals surface area contributed by atoms with E-state index in [1.807, 2.05) is 0 Å². The van der Waals surface area contributed by atoms with Gasteiger partial charge in [0, 0.05) is 6.54 Å². The molecule has 25 heavy (non-hydrogen) atoms. The lowest BCUT2D eigenvalue weighted by Gasteiger charge is -2.12. The van der Waals surface area contributed by atoms with Gasteiger partial charge in [0.05, 0.1) is 13.5 Å². The van der Waals surface area contributed by atoms with Crippen LogP contribution in [0.2, 0.25) is 0 Å². The van der Waals surface area contributed by atoms with Gasteiger partial charge >= 0.3 is 0 Å². The predicted molar refractivity (Wildman–Crippen MR) is 93.8 cm³/mol. The molecule has 0 heterocycles. The lowest BCUT2D eigenvalue weighted by atomic mass is 10.1. The lowest BCUT2D eigenvalue weighted by Crippen LogP contribution is -2.47. The average molecular weight is 365 g/mol. The summed E-state index contributed by atoms with van der Waals surface area (Å²) in [4.78, 5) is 11.8. The Hall–Kier alpha value is -2.74. The Kier molecular flexibility index (Phi) is 6.64. The first kappa shape index (κ1) is 18.6. The van der Waals surface area contributed by atoms with Gasteiger partial charge in [0.2, 0.25) is 5.91 Å². The predicted octanol–water partition coefficient (Wildman–Crippen LogP) is 2.21. The minimum Gasteiger partial charge on any atom is -0.494 e. The van der Waals surface area contributed by atoms with Gasteiger partial charge in [0.15, 0.2) is 16.7 Å². The number of nitrogens with one attached hydrogen (secondary N) is 3. The number of carbonyl (C=O) groups is 1. The molecule has 0 aliphatic heterocycles. The number of benzene rings is 2. The summed E-state index contributed by atoms with van der Waals surface area (Å²) in [6.07, 6.45) is -0.0194. The zero-order chi connectivity index (χ0) is 18.2. The van der Waals surface area contributed by atoms with Gasteiger partial charge in [-0.2, -0.15) is 0 Å². The number of hydrogen-bond donors (Lipinski definition) is 3. The molecular formula is C17H17F2N3O2S. The van der Waals surface area contributed by atoms with Gasteiger partial charge in [0.1, 0.15) is 5.82 Å². The Labute approximate surface area is 149 Å². The molecule has 3 N–H and O–H groups in total. The summed E-state index contributed by atoms with van der Waals surface area (Å²) in [6.45, 7) is 0.381. The first-order valence-electron chi connectivity index (χ1n) is 7.37. The number of hydrogen-bond acceptors (Lipinski definition) is 3. The largest absolute Gasteiger partial charge is 0.494 e. The molecule has 0 unspecified atom stereocenters. The van der Waals surface area contributed by atoms with E-state index in [2.05, 4.69) is 16.2 Å². The Balaban J connectivity index is 1.74. The van der Waals surface area contributed by atoms with E-state index in [0.29, 0.717) is 12.1 Å².